The van der Waals surface area contributed by atoms with E-state index in [0.29, 0.717) is 0 Å². The normalized spacial score (nSPS) is 50.7. The van der Waals surface area contributed by atoms with Crippen molar-refractivity contribution in [3.63, 3.8) is 0 Å². The molecule has 7 atom stereocenters. The monoisotopic (exact) mass is 308 g/mol. The maximum atomic E-state index is 10.3. The van der Waals surface area contributed by atoms with E-state index >= 15 is 0 Å². The molecule has 2 unspecified atom stereocenters. The highest BCUT2D eigenvalue weighted by Gasteiger charge is 2.62. The third kappa shape index (κ3) is 2.60. The van der Waals surface area contributed by atoms with Crippen LogP contribution in [0.1, 0.15) is 13.8 Å². The topological polar surface area (TPSA) is 95.8 Å². The number of methoxy groups -OCH3 is 3. The first-order chi connectivity index (χ1) is 9.85. The Kier molecular flexibility index (Phi) is 4.91. The molecule has 21 heavy (non-hydrogen) atoms. The molecule has 0 radical (unpaired) electrons. The summed E-state index contributed by atoms with van der Waals surface area (Å²) in [5, 5.41) is 19.8. The lowest BCUT2D eigenvalue weighted by Gasteiger charge is -2.56. The van der Waals surface area contributed by atoms with Gasteiger partial charge in [0.05, 0.1) is 6.61 Å². The van der Waals surface area contributed by atoms with Gasteiger partial charge in [-0.25, -0.2) is 0 Å². The van der Waals surface area contributed by atoms with Crippen LogP contribution in [-0.4, -0.2) is 80.4 Å². The zero-order chi connectivity index (χ0) is 15.8. The minimum atomic E-state index is -1.24. The molecule has 0 aromatic heterocycles. The van der Waals surface area contributed by atoms with Gasteiger partial charge in [0, 0.05) is 21.3 Å². The Morgan fingerprint density at radius 3 is 1.95 bits per heavy atom. The van der Waals surface area contributed by atoms with E-state index < -0.39 is 42.3 Å². The largest absolute Gasteiger partial charge is 0.394 e. The van der Waals surface area contributed by atoms with Crippen LogP contribution in [0.15, 0.2) is 0 Å². The van der Waals surface area contributed by atoms with Crippen LogP contribution >= 0.6 is 0 Å². The highest BCUT2D eigenvalue weighted by molar-refractivity contribution is 4.99. The fourth-order valence-corrected chi connectivity index (χ4v) is 2.71. The summed E-state index contributed by atoms with van der Waals surface area (Å²) in [6, 6.07) is 0. The molecule has 2 aliphatic heterocycles. The number of hydrogen-bond donors (Lipinski definition) is 2. The van der Waals surface area contributed by atoms with E-state index in [0.717, 1.165) is 0 Å². The second-order valence-corrected chi connectivity index (χ2v) is 5.42. The molecule has 2 rings (SSSR count). The van der Waals surface area contributed by atoms with Crippen molar-refractivity contribution < 1.29 is 38.6 Å². The van der Waals surface area contributed by atoms with Gasteiger partial charge in [-0.3, -0.25) is 0 Å². The molecular weight excluding hydrogens is 284 g/mol. The summed E-state index contributed by atoms with van der Waals surface area (Å²) in [4.78, 5) is 0. The predicted octanol–water partition coefficient (Wildman–Crippen LogP) is -0.780. The van der Waals surface area contributed by atoms with Gasteiger partial charge < -0.3 is 38.6 Å². The molecule has 2 saturated heterocycles. The van der Waals surface area contributed by atoms with Crippen LogP contribution in [0, 0.1) is 0 Å². The SMILES string of the molecule is CO[C@H]1O[C@H](CO)[C@H]2OC(C)(OC)C(C)(OC)O[C@@H]2[C@H]1O. The van der Waals surface area contributed by atoms with Crippen molar-refractivity contribution in [2.45, 2.75) is 56.1 Å². The Balaban J connectivity index is 2.33. The Labute approximate surface area is 123 Å². The molecule has 2 N–H and O–H groups in total. The fraction of sp³-hybridized carbons (Fsp3) is 1.00. The first kappa shape index (κ1) is 17.0. The van der Waals surface area contributed by atoms with Crippen molar-refractivity contribution in [2.75, 3.05) is 27.9 Å². The number of fused-ring (bicyclic) bond motifs is 1. The Bertz CT molecular complexity index is 366. The zero-order valence-corrected chi connectivity index (χ0v) is 12.9. The Hall–Kier alpha value is -0.320. The number of rotatable bonds is 4. The van der Waals surface area contributed by atoms with Gasteiger partial charge in [-0.15, -0.1) is 0 Å². The van der Waals surface area contributed by atoms with E-state index in [9.17, 15) is 10.2 Å². The summed E-state index contributed by atoms with van der Waals surface area (Å²) >= 11 is 0. The number of ether oxygens (including phenoxy) is 6. The molecule has 0 aromatic carbocycles. The van der Waals surface area contributed by atoms with Crippen LogP contribution in [-0.2, 0) is 28.4 Å². The second-order valence-electron chi connectivity index (χ2n) is 5.42. The molecule has 0 aliphatic carbocycles. The number of aliphatic hydroxyl groups is 2. The third-order valence-corrected chi connectivity index (χ3v) is 4.35. The first-order valence-corrected chi connectivity index (χ1v) is 6.79. The molecule has 0 bridgehead atoms. The van der Waals surface area contributed by atoms with Gasteiger partial charge in [-0.1, -0.05) is 0 Å². The van der Waals surface area contributed by atoms with Crippen LogP contribution in [0.25, 0.3) is 0 Å². The van der Waals surface area contributed by atoms with Crippen LogP contribution in [0.4, 0.5) is 0 Å². The summed E-state index contributed by atoms with van der Waals surface area (Å²) in [7, 11) is 4.33. The van der Waals surface area contributed by atoms with Gasteiger partial charge in [0.1, 0.15) is 24.4 Å². The molecule has 2 heterocycles. The lowest BCUT2D eigenvalue weighted by molar-refractivity contribution is -0.479. The summed E-state index contributed by atoms with van der Waals surface area (Å²) < 4.78 is 33.2. The molecule has 8 nitrogen and oxygen atoms in total. The van der Waals surface area contributed by atoms with Gasteiger partial charge in [0.25, 0.3) is 0 Å². The predicted molar refractivity (Wildman–Crippen MR) is 69.3 cm³/mol. The number of aliphatic hydroxyl groups excluding tert-OH is 2. The van der Waals surface area contributed by atoms with Crippen molar-refractivity contribution in [1.29, 1.82) is 0 Å². The summed E-state index contributed by atoms with van der Waals surface area (Å²) in [6.45, 7) is 3.02. The first-order valence-electron chi connectivity index (χ1n) is 6.79. The van der Waals surface area contributed by atoms with E-state index in [1.807, 2.05) is 0 Å². The Morgan fingerprint density at radius 2 is 1.52 bits per heavy atom. The average molecular weight is 308 g/mol. The van der Waals surface area contributed by atoms with Crippen molar-refractivity contribution in [1.82, 2.24) is 0 Å². The zero-order valence-electron chi connectivity index (χ0n) is 12.9. The molecule has 0 aromatic rings. The second kappa shape index (κ2) is 6.05. The van der Waals surface area contributed by atoms with E-state index in [1.54, 1.807) is 13.8 Å². The van der Waals surface area contributed by atoms with Gasteiger partial charge >= 0.3 is 0 Å². The highest BCUT2D eigenvalue weighted by atomic mass is 16.8. The Morgan fingerprint density at radius 1 is 1.00 bits per heavy atom. The molecular formula is C13H24O8. The minimum Gasteiger partial charge on any atom is -0.394 e. The fourth-order valence-electron chi connectivity index (χ4n) is 2.71. The maximum absolute atomic E-state index is 10.3. The summed E-state index contributed by atoms with van der Waals surface area (Å²) in [5.41, 5.74) is 0. The lowest BCUT2D eigenvalue weighted by atomic mass is 9.94. The van der Waals surface area contributed by atoms with E-state index in [1.165, 1.54) is 21.3 Å². The van der Waals surface area contributed by atoms with Crippen molar-refractivity contribution in [3.05, 3.63) is 0 Å². The van der Waals surface area contributed by atoms with E-state index in [-0.39, 0.29) is 6.61 Å². The van der Waals surface area contributed by atoms with Crippen LogP contribution < -0.4 is 0 Å². The minimum absolute atomic E-state index is 0.305. The standard InChI is InChI=1S/C13H24O8/c1-12(17-4)13(2,18-5)21-10-8(15)11(16-3)19-7(6-14)9(10)20-12/h7-11,14-15H,6H2,1-5H3/t7-,8-,9-,10-,11+,12?,13?/m1/s1. The van der Waals surface area contributed by atoms with Gasteiger partial charge in [0.2, 0.25) is 11.6 Å². The molecule has 2 aliphatic rings. The smallest absolute Gasteiger partial charge is 0.220 e. The maximum Gasteiger partial charge on any atom is 0.220 e. The number of hydrogen-bond acceptors (Lipinski definition) is 8. The summed E-state index contributed by atoms with van der Waals surface area (Å²) in [6.07, 6.45) is -4.21. The lowest BCUT2D eigenvalue weighted by Crippen LogP contribution is -2.73. The van der Waals surface area contributed by atoms with Gasteiger partial charge in [0.15, 0.2) is 6.29 Å². The van der Waals surface area contributed by atoms with E-state index in [2.05, 4.69) is 0 Å². The molecule has 124 valence electrons. The molecule has 2 fully saturated rings. The van der Waals surface area contributed by atoms with Crippen LogP contribution in [0.5, 0.6) is 0 Å². The average Bonchev–Trinajstić information content (AvgIpc) is 2.50. The van der Waals surface area contributed by atoms with Crippen molar-refractivity contribution in [3.8, 4) is 0 Å². The van der Waals surface area contributed by atoms with Gasteiger partial charge in [-0.2, -0.15) is 0 Å². The van der Waals surface area contributed by atoms with Crippen LogP contribution in [0.2, 0.25) is 0 Å². The highest BCUT2D eigenvalue weighted by Crippen LogP contribution is 2.43. The van der Waals surface area contributed by atoms with Gasteiger partial charge in [-0.05, 0) is 13.8 Å². The summed E-state index contributed by atoms with van der Waals surface area (Å²) in [5.74, 6) is -2.46. The molecule has 0 saturated carbocycles. The third-order valence-electron chi connectivity index (χ3n) is 4.35. The van der Waals surface area contributed by atoms with E-state index in [4.69, 9.17) is 28.4 Å². The quantitative estimate of drug-likeness (QED) is 0.698. The van der Waals surface area contributed by atoms with Crippen LogP contribution in [0.3, 0.4) is 0 Å². The molecule has 0 spiro atoms. The molecule has 0 amide bonds. The van der Waals surface area contributed by atoms with Crippen molar-refractivity contribution in [2.24, 2.45) is 0 Å². The van der Waals surface area contributed by atoms with Crippen molar-refractivity contribution >= 4 is 0 Å². The molecule has 8 heteroatoms.